The molecule has 0 radical (unpaired) electrons. The second kappa shape index (κ2) is 23.3. The predicted molar refractivity (Wildman–Crippen MR) is 234 cm³/mol. The van der Waals surface area contributed by atoms with Crippen LogP contribution in [0, 0.1) is 5.92 Å². The monoisotopic (exact) mass is 864 g/mol. The molecular formula is C41H56N10O7S2. The molecule has 4 aromatic rings. The molecule has 0 aliphatic carbocycles. The lowest BCUT2D eigenvalue weighted by molar-refractivity contribution is -0.135. The van der Waals surface area contributed by atoms with Gasteiger partial charge >= 0.3 is 0 Å². The Bertz CT molecular complexity index is 2040. The Balaban J connectivity index is 1.55. The second-order valence-corrected chi connectivity index (χ2v) is 16.7. The van der Waals surface area contributed by atoms with Crippen LogP contribution in [-0.4, -0.2) is 116 Å². The van der Waals surface area contributed by atoms with E-state index in [9.17, 15) is 33.9 Å². The third-order valence-corrected chi connectivity index (χ3v) is 11.1. The van der Waals surface area contributed by atoms with Crippen LogP contribution in [0.1, 0.15) is 43.5 Å². The van der Waals surface area contributed by atoms with Crippen molar-refractivity contribution >= 4 is 69.9 Å². The number of hydrogen-bond acceptors (Lipinski definition) is 11. The number of nitrogens with zero attached hydrogens (tertiary/aromatic N) is 1. The van der Waals surface area contributed by atoms with Gasteiger partial charge in [0, 0.05) is 41.8 Å². The molecule has 2 aromatic heterocycles. The first-order valence-electron chi connectivity index (χ1n) is 19.5. The number of H-pyrrole nitrogens is 2. The number of carbonyl (C=O) groups is 6. The number of hydrogen-bond donors (Lipinski definition) is 10. The smallest absolute Gasteiger partial charge is 0.243 e. The Kier molecular flexibility index (Phi) is 18.3. The minimum absolute atomic E-state index is 0.000887. The minimum atomic E-state index is -1.27. The number of imidazole rings is 1. The summed E-state index contributed by atoms with van der Waals surface area (Å²) < 4.78 is 0. The zero-order chi connectivity index (χ0) is 43.8. The summed E-state index contributed by atoms with van der Waals surface area (Å²) in [7, 11) is 0. The fourth-order valence-electron chi connectivity index (χ4n) is 6.43. The lowest BCUT2D eigenvalue weighted by atomic mass is 10.0. The van der Waals surface area contributed by atoms with Gasteiger partial charge < -0.3 is 53.1 Å². The van der Waals surface area contributed by atoms with E-state index in [0.29, 0.717) is 29.2 Å². The molecule has 12 N–H and O–H groups in total. The van der Waals surface area contributed by atoms with Crippen LogP contribution in [0.2, 0.25) is 0 Å². The molecule has 4 rings (SSSR count). The van der Waals surface area contributed by atoms with Gasteiger partial charge in [-0.1, -0.05) is 44.2 Å². The van der Waals surface area contributed by atoms with Crippen LogP contribution in [-0.2, 0) is 48.0 Å². The summed E-state index contributed by atoms with van der Waals surface area (Å²) in [5.74, 6) is -3.32. The number of nitrogens with one attached hydrogen (secondary N) is 7. The number of phenols is 1. The molecule has 6 atom stereocenters. The van der Waals surface area contributed by atoms with Gasteiger partial charge in [0.2, 0.25) is 35.4 Å². The van der Waals surface area contributed by atoms with Gasteiger partial charge in [0.1, 0.15) is 36.0 Å². The number of thioether (sulfide) groups is 2. The maximum absolute atomic E-state index is 14.2. The molecule has 2 heterocycles. The molecule has 0 aliphatic rings. The highest BCUT2D eigenvalue weighted by molar-refractivity contribution is 7.98. The molecule has 2 aromatic carbocycles. The topological polar surface area (TPSA) is 279 Å². The zero-order valence-corrected chi connectivity index (χ0v) is 35.8. The molecule has 60 heavy (non-hydrogen) atoms. The van der Waals surface area contributed by atoms with Crippen molar-refractivity contribution in [3.05, 3.63) is 84.1 Å². The van der Waals surface area contributed by atoms with Crippen molar-refractivity contribution in [3.63, 3.8) is 0 Å². The van der Waals surface area contributed by atoms with E-state index in [1.54, 1.807) is 32.2 Å². The van der Waals surface area contributed by atoms with Gasteiger partial charge in [0.15, 0.2) is 0 Å². The number of para-hydroxylation sites is 1. The molecule has 19 heteroatoms. The molecule has 6 amide bonds. The van der Waals surface area contributed by atoms with Crippen LogP contribution >= 0.6 is 23.5 Å². The highest BCUT2D eigenvalue weighted by Gasteiger charge is 2.34. The number of phenolic OH excluding ortho intramolecular Hbond substituents is 1. The SMILES string of the molecule is CSCC[C@H](NC(=O)[C@H](Cc1ccc(O)cc1)NC(=O)[C@H](Cc1cnc[nH]1)NC(=O)[C@@H](N)Cc1c[nH]c2ccccc12)C(=O)N[C@H](C(=O)N[C@H](CCSC)C(N)=O)C(C)C. The normalized spacial score (nSPS) is 14.3. The predicted octanol–water partition coefficient (Wildman–Crippen LogP) is 1.02. The minimum Gasteiger partial charge on any atom is -0.508 e. The van der Waals surface area contributed by atoms with Crippen LogP contribution in [0.4, 0.5) is 0 Å². The number of aromatic amines is 2. The van der Waals surface area contributed by atoms with Gasteiger partial charge in [-0.3, -0.25) is 28.8 Å². The number of aromatic nitrogens is 3. The molecular weight excluding hydrogens is 809 g/mol. The fourth-order valence-corrected chi connectivity index (χ4v) is 7.37. The summed E-state index contributed by atoms with van der Waals surface area (Å²) in [6.07, 6.45) is 9.04. The van der Waals surface area contributed by atoms with Crippen LogP contribution in [0.15, 0.2) is 67.3 Å². The number of primary amides is 1. The summed E-state index contributed by atoms with van der Waals surface area (Å²) in [5.41, 5.74) is 14.8. The van der Waals surface area contributed by atoms with E-state index in [0.717, 1.165) is 16.5 Å². The van der Waals surface area contributed by atoms with E-state index in [4.69, 9.17) is 11.5 Å². The van der Waals surface area contributed by atoms with Crippen molar-refractivity contribution in [2.45, 2.75) is 82.2 Å². The van der Waals surface area contributed by atoms with E-state index < -0.39 is 77.6 Å². The first-order chi connectivity index (χ1) is 28.7. The van der Waals surface area contributed by atoms with E-state index in [-0.39, 0.29) is 31.4 Å². The molecule has 0 unspecified atom stereocenters. The van der Waals surface area contributed by atoms with Gasteiger partial charge in [0.05, 0.1) is 12.4 Å². The molecule has 0 spiro atoms. The second-order valence-electron chi connectivity index (χ2n) is 14.8. The number of rotatable bonds is 24. The van der Waals surface area contributed by atoms with Crippen molar-refractivity contribution < 1.29 is 33.9 Å². The van der Waals surface area contributed by atoms with E-state index >= 15 is 0 Å². The summed E-state index contributed by atoms with van der Waals surface area (Å²) >= 11 is 2.94. The molecule has 0 saturated carbocycles. The Morgan fingerprint density at radius 2 is 1.30 bits per heavy atom. The Hall–Kier alpha value is -5.53. The number of amides is 6. The molecule has 17 nitrogen and oxygen atoms in total. The van der Waals surface area contributed by atoms with E-state index in [1.807, 2.05) is 36.8 Å². The lowest BCUT2D eigenvalue weighted by Gasteiger charge is -2.28. The van der Waals surface area contributed by atoms with Crippen LogP contribution < -0.4 is 38.1 Å². The highest BCUT2D eigenvalue weighted by atomic mass is 32.2. The maximum Gasteiger partial charge on any atom is 0.243 e. The molecule has 324 valence electrons. The van der Waals surface area contributed by atoms with Gasteiger partial charge in [-0.15, -0.1) is 0 Å². The quantitative estimate of drug-likeness (QED) is 0.0475. The first kappa shape index (κ1) is 47.2. The number of benzene rings is 2. The van der Waals surface area contributed by atoms with Gasteiger partial charge in [-0.05, 0) is 78.5 Å². The summed E-state index contributed by atoms with van der Waals surface area (Å²) in [6, 6.07) is 7.05. The zero-order valence-electron chi connectivity index (χ0n) is 34.2. The Labute approximate surface area is 357 Å². The molecule has 0 bridgehead atoms. The summed E-state index contributed by atoms with van der Waals surface area (Å²) in [5, 5.41) is 24.6. The van der Waals surface area contributed by atoms with Crippen molar-refractivity contribution in [2.24, 2.45) is 17.4 Å². The van der Waals surface area contributed by atoms with Crippen LogP contribution in [0.5, 0.6) is 5.75 Å². The van der Waals surface area contributed by atoms with Crippen molar-refractivity contribution in [1.29, 1.82) is 0 Å². The van der Waals surface area contributed by atoms with E-state index in [1.165, 1.54) is 48.2 Å². The van der Waals surface area contributed by atoms with Gasteiger partial charge in [0.25, 0.3) is 0 Å². The Morgan fingerprint density at radius 3 is 1.92 bits per heavy atom. The number of nitrogens with two attached hydrogens (primary N) is 2. The average Bonchev–Trinajstić information content (AvgIpc) is 3.89. The Morgan fingerprint density at radius 1 is 0.717 bits per heavy atom. The van der Waals surface area contributed by atoms with Crippen molar-refractivity contribution in [3.8, 4) is 5.75 Å². The van der Waals surface area contributed by atoms with Gasteiger partial charge in [-0.2, -0.15) is 23.5 Å². The standard InChI is InChI=1S/C41H56N10O7S2/c1-23(2)35(41(58)47-31(36(43)53)13-15-59-3)51-38(55)32(14-16-60-4)48-39(56)33(17-24-9-11-27(52)12-10-24)50-40(57)34(19-26-21-44-22-46-26)49-37(54)29(42)18-25-20-45-30-8-6-5-7-28(25)30/h5-12,20-23,29,31-35,45,52H,13-19,42H2,1-4H3,(H2,43,53)(H,44,46)(H,47,58)(H,48,56)(H,49,54)(H,50,57)(H,51,55)/t29-,31+,32-,33-,34-,35-/m0/s1. The van der Waals surface area contributed by atoms with Crippen molar-refractivity contribution in [1.82, 2.24) is 41.5 Å². The summed E-state index contributed by atoms with van der Waals surface area (Å²) in [4.78, 5) is 91.5. The lowest BCUT2D eigenvalue weighted by Crippen LogP contribution is -2.60. The molecule has 0 fully saturated rings. The molecule has 0 aliphatic heterocycles. The number of aromatic hydroxyl groups is 1. The first-order valence-corrected chi connectivity index (χ1v) is 22.3. The maximum atomic E-state index is 14.2. The van der Waals surface area contributed by atoms with Crippen LogP contribution in [0.3, 0.4) is 0 Å². The highest BCUT2D eigenvalue weighted by Crippen LogP contribution is 2.19. The van der Waals surface area contributed by atoms with Gasteiger partial charge in [-0.25, -0.2) is 4.98 Å². The van der Waals surface area contributed by atoms with E-state index in [2.05, 4.69) is 41.5 Å². The third-order valence-electron chi connectivity index (χ3n) is 9.83. The number of carbonyl (C=O) groups excluding carboxylic acids is 6. The molecule has 0 saturated heterocycles. The fraction of sp³-hybridized carbons (Fsp3) is 0.439. The number of fused-ring (bicyclic) bond motifs is 1. The third kappa shape index (κ3) is 14.0. The van der Waals surface area contributed by atoms with Crippen LogP contribution in [0.25, 0.3) is 10.9 Å². The van der Waals surface area contributed by atoms with Crippen molar-refractivity contribution in [2.75, 3.05) is 24.0 Å². The largest absolute Gasteiger partial charge is 0.508 e. The summed E-state index contributed by atoms with van der Waals surface area (Å²) in [6.45, 7) is 3.47. The average molecular weight is 865 g/mol.